The molecule has 4 rings (SSSR count). The van der Waals surface area contributed by atoms with Gasteiger partial charge in [0, 0.05) is 12.7 Å². The molecule has 0 radical (unpaired) electrons. The molecule has 4 N–H and O–H groups in total. The number of pyridine rings is 1. The van der Waals surface area contributed by atoms with Gasteiger partial charge in [0.05, 0.1) is 40.7 Å². The molecule has 1 atom stereocenters. The summed E-state index contributed by atoms with van der Waals surface area (Å²) < 4.78 is 4.75. The Hall–Kier alpha value is -3.93. The van der Waals surface area contributed by atoms with Crippen molar-refractivity contribution in [3.05, 3.63) is 76.2 Å². The maximum atomic E-state index is 13.0. The van der Waals surface area contributed by atoms with Crippen LogP contribution in [0.5, 0.6) is 0 Å². The van der Waals surface area contributed by atoms with Crippen molar-refractivity contribution in [2.24, 2.45) is 0 Å². The Kier molecular flexibility index (Phi) is 8.16. The number of esters is 1. The Morgan fingerprint density at radius 3 is 2.61 bits per heavy atom. The van der Waals surface area contributed by atoms with Crippen LogP contribution in [0.15, 0.2) is 48.7 Å². The lowest BCUT2D eigenvalue weighted by atomic mass is 10.1. The minimum absolute atomic E-state index is 0.000229. The highest BCUT2D eigenvalue weighted by Crippen LogP contribution is 2.21. The number of nitrogens with zero attached hydrogens (tertiary/aromatic N) is 3. The average molecular weight is 510 g/mol. The van der Waals surface area contributed by atoms with E-state index in [4.69, 9.17) is 16.3 Å². The average Bonchev–Trinajstić information content (AvgIpc) is 3.19. The number of carbonyl (C=O) groups excluding carboxylic acids is 3. The number of ether oxygens (including phenoxy) is 1. The number of hydrogen-bond acceptors (Lipinski definition) is 9. The van der Waals surface area contributed by atoms with Crippen LogP contribution in [0.2, 0.25) is 5.02 Å². The van der Waals surface area contributed by atoms with Crippen LogP contribution in [0.1, 0.15) is 49.4 Å². The van der Waals surface area contributed by atoms with Crippen molar-refractivity contribution in [3.63, 3.8) is 0 Å². The number of carbonyl (C=O) groups is 3. The lowest BCUT2D eigenvalue weighted by molar-refractivity contribution is 0.0600. The molecule has 2 aromatic heterocycles. The van der Waals surface area contributed by atoms with Crippen molar-refractivity contribution in [2.75, 3.05) is 37.4 Å². The van der Waals surface area contributed by atoms with E-state index >= 15 is 0 Å². The number of halogens is 1. The Morgan fingerprint density at radius 2 is 1.89 bits per heavy atom. The molecule has 1 aromatic carbocycles. The van der Waals surface area contributed by atoms with Crippen LogP contribution >= 0.6 is 11.6 Å². The van der Waals surface area contributed by atoms with Gasteiger partial charge in [-0.3, -0.25) is 9.59 Å². The van der Waals surface area contributed by atoms with Crippen molar-refractivity contribution >= 4 is 40.9 Å². The van der Waals surface area contributed by atoms with E-state index in [2.05, 4.69) is 36.4 Å². The summed E-state index contributed by atoms with van der Waals surface area (Å²) in [5.41, 5.74) is 1.13. The molecule has 2 amide bonds. The molecule has 3 aromatic rings. The number of rotatable bonds is 6. The van der Waals surface area contributed by atoms with E-state index in [1.54, 1.807) is 18.2 Å². The predicted octanol–water partition coefficient (Wildman–Crippen LogP) is 2.44. The zero-order chi connectivity index (χ0) is 25.5. The monoisotopic (exact) mass is 509 g/mol. The molecule has 3 heterocycles. The molecule has 1 aliphatic rings. The van der Waals surface area contributed by atoms with Gasteiger partial charge in [0.2, 0.25) is 0 Å². The van der Waals surface area contributed by atoms with Gasteiger partial charge >= 0.3 is 5.97 Å². The van der Waals surface area contributed by atoms with Crippen LogP contribution in [-0.2, 0) is 4.74 Å². The Morgan fingerprint density at radius 1 is 1.03 bits per heavy atom. The topological polar surface area (TPSA) is 147 Å². The van der Waals surface area contributed by atoms with E-state index in [9.17, 15) is 14.4 Å². The first kappa shape index (κ1) is 25.2. The van der Waals surface area contributed by atoms with E-state index < -0.39 is 17.8 Å². The maximum Gasteiger partial charge on any atom is 0.337 e. The minimum atomic E-state index is -0.630. The lowest BCUT2D eigenvalue weighted by Gasteiger charge is -2.15. The van der Waals surface area contributed by atoms with Crippen molar-refractivity contribution < 1.29 is 19.1 Å². The van der Waals surface area contributed by atoms with Crippen molar-refractivity contribution in [1.29, 1.82) is 0 Å². The molecule has 1 aliphatic heterocycles. The Balaban J connectivity index is 1.54. The number of benzene rings is 1. The van der Waals surface area contributed by atoms with Crippen LogP contribution in [-0.4, -0.2) is 59.7 Å². The highest BCUT2D eigenvalue weighted by molar-refractivity contribution is 6.30. The quantitative estimate of drug-likeness (QED) is 0.368. The highest BCUT2D eigenvalue weighted by atomic mass is 35.5. The van der Waals surface area contributed by atoms with E-state index in [1.807, 2.05) is 0 Å². The fourth-order valence-electron chi connectivity index (χ4n) is 3.57. The summed E-state index contributed by atoms with van der Waals surface area (Å²) in [5, 5.41) is 20.7. The molecular formula is C24H24ClN7O4. The number of methoxy groups -OCH3 is 1. The van der Waals surface area contributed by atoms with Crippen molar-refractivity contribution in [1.82, 2.24) is 25.8 Å². The number of hydrogen-bond donors (Lipinski definition) is 4. The van der Waals surface area contributed by atoms with E-state index in [1.165, 1.54) is 37.6 Å². The van der Waals surface area contributed by atoms with Crippen LogP contribution in [0.25, 0.3) is 0 Å². The molecular weight excluding hydrogens is 486 g/mol. The molecule has 1 saturated heterocycles. The molecule has 36 heavy (non-hydrogen) atoms. The number of nitrogens with one attached hydrogen (secondary N) is 4. The molecule has 11 nitrogen and oxygen atoms in total. The summed E-state index contributed by atoms with van der Waals surface area (Å²) >= 11 is 5.85. The second-order valence-electron chi connectivity index (χ2n) is 7.93. The fraction of sp³-hybridized carbons (Fsp3) is 0.250. The Labute approximate surface area is 212 Å². The normalized spacial score (nSPS) is 15.4. The summed E-state index contributed by atoms with van der Waals surface area (Å²) in [4.78, 5) is 42.0. The molecule has 186 valence electrons. The minimum Gasteiger partial charge on any atom is -0.465 e. The first-order valence-electron chi connectivity index (χ1n) is 11.2. The molecule has 0 spiro atoms. The van der Waals surface area contributed by atoms with Crippen LogP contribution in [0.4, 0.5) is 11.5 Å². The third-order valence-corrected chi connectivity index (χ3v) is 5.67. The number of anilines is 2. The predicted molar refractivity (Wildman–Crippen MR) is 133 cm³/mol. The SMILES string of the molecule is COC(=O)c1ccc(NC(=O)c2ccc(C3CNCCCN3)nn2)c(C(=O)Nc2ccc(Cl)cn2)c1. The third kappa shape index (κ3) is 6.19. The first-order valence-corrected chi connectivity index (χ1v) is 11.6. The molecule has 0 aliphatic carbocycles. The highest BCUT2D eigenvalue weighted by Gasteiger charge is 2.20. The molecule has 1 unspecified atom stereocenters. The van der Waals surface area contributed by atoms with Gasteiger partial charge in [-0.25, -0.2) is 9.78 Å². The number of aromatic nitrogens is 3. The van der Waals surface area contributed by atoms with Gasteiger partial charge in [0.25, 0.3) is 11.8 Å². The zero-order valence-corrected chi connectivity index (χ0v) is 20.1. The van der Waals surface area contributed by atoms with Gasteiger partial charge in [-0.15, -0.1) is 5.10 Å². The van der Waals surface area contributed by atoms with Crippen molar-refractivity contribution in [3.8, 4) is 0 Å². The van der Waals surface area contributed by atoms with Gasteiger partial charge in [-0.05, 0) is 62.0 Å². The van der Waals surface area contributed by atoms with Crippen LogP contribution < -0.4 is 21.3 Å². The fourth-order valence-corrected chi connectivity index (χ4v) is 3.68. The van der Waals surface area contributed by atoms with Crippen molar-refractivity contribution in [2.45, 2.75) is 12.5 Å². The molecule has 0 bridgehead atoms. The smallest absolute Gasteiger partial charge is 0.337 e. The zero-order valence-electron chi connectivity index (χ0n) is 19.4. The molecule has 12 heteroatoms. The molecule has 0 saturated carbocycles. The summed E-state index contributed by atoms with van der Waals surface area (Å²) in [7, 11) is 1.23. The first-order chi connectivity index (χ1) is 17.4. The van der Waals surface area contributed by atoms with Gasteiger partial charge in [-0.1, -0.05) is 11.6 Å². The van der Waals surface area contributed by atoms with Gasteiger partial charge < -0.3 is 26.0 Å². The summed E-state index contributed by atoms with van der Waals surface area (Å²) in [5.74, 6) is -1.55. The second-order valence-corrected chi connectivity index (χ2v) is 8.37. The summed E-state index contributed by atoms with van der Waals surface area (Å²) in [6.45, 7) is 2.50. The third-order valence-electron chi connectivity index (χ3n) is 5.45. The maximum absolute atomic E-state index is 13.0. The second kappa shape index (κ2) is 11.7. The largest absolute Gasteiger partial charge is 0.465 e. The van der Waals surface area contributed by atoms with E-state index in [0.29, 0.717) is 11.6 Å². The summed E-state index contributed by atoms with van der Waals surface area (Å²) in [6.07, 6.45) is 2.40. The standard InChI is InChI=1S/C24H24ClN7O4/c1-36-24(35)14-3-5-17(16(11-14)22(33)30-21-8-4-15(25)12-28-21)29-23(34)19-7-6-18(31-32-19)20-13-26-9-2-10-27-20/h3-8,11-12,20,26-27H,2,9-10,13H2,1H3,(H,29,34)(H,28,30,33). The van der Waals surface area contributed by atoms with Crippen LogP contribution in [0, 0.1) is 0 Å². The lowest BCUT2D eigenvalue weighted by Crippen LogP contribution is -2.28. The number of amides is 2. The summed E-state index contributed by atoms with van der Waals surface area (Å²) in [6, 6.07) is 10.6. The molecule has 1 fully saturated rings. The van der Waals surface area contributed by atoms with Gasteiger partial charge in [-0.2, -0.15) is 5.10 Å². The van der Waals surface area contributed by atoms with Gasteiger partial charge in [0.1, 0.15) is 5.82 Å². The van der Waals surface area contributed by atoms with Gasteiger partial charge in [0.15, 0.2) is 5.69 Å². The Bertz CT molecular complexity index is 1240. The van der Waals surface area contributed by atoms with E-state index in [-0.39, 0.29) is 34.4 Å². The van der Waals surface area contributed by atoms with Crippen LogP contribution in [0.3, 0.4) is 0 Å². The van der Waals surface area contributed by atoms with E-state index in [0.717, 1.165) is 25.2 Å².